The molecule has 1 fully saturated rings. The molecule has 1 unspecified atom stereocenters. The van der Waals surface area contributed by atoms with Gasteiger partial charge in [-0.1, -0.05) is 30.3 Å². The lowest BCUT2D eigenvalue weighted by Gasteiger charge is -2.41. The zero-order chi connectivity index (χ0) is 17.0. The van der Waals surface area contributed by atoms with E-state index in [9.17, 15) is 19.7 Å². The molecule has 0 saturated carbocycles. The Balaban J connectivity index is 2.48. The minimum Gasteiger partial charge on any atom is -0.391 e. The fourth-order valence-corrected chi connectivity index (χ4v) is 3.69. The summed E-state index contributed by atoms with van der Waals surface area (Å²) in [4.78, 5) is 34.5. The maximum absolute atomic E-state index is 11.7. The highest BCUT2D eigenvalue weighted by atomic mass is 32.2. The summed E-state index contributed by atoms with van der Waals surface area (Å²) in [6.45, 7) is 2.21. The third kappa shape index (κ3) is 3.73. The average Bonchev–Trinajstić information content (AvgIpc) is 2.45. The first-order valence-electron chi connectivity index (χ1n) is 6.87. The van der Waals surface area contributed by atoms with Crippen molar-refractivity contribution in [2.24, 2.45) is 0 Å². The van der Waals surface area contributed by atoms with Crippen LogP contribution in [0.3, 0.4) is 0 Å². The van der Waals surface area contributed by atoms with Crippen LogP contribution in [0.5, 0.6) is 0 Å². The minimum absolute atomic E-state index is 0.421. The van der Waals surface area contributed by atoms with Gasteiger partial charge in [-0.05, 0) is 28.8 Å². The minimum atomic E-state index is -2.11. The number of hydrogen-bond acceptors (Lipinski definition) is 7. The maximum Gasteiger partial charge on any atom is 0.448 e. The molecule has 1 aliphatic heterocycles. The van der Waals surface area contributed by atoms with Crippen molar-refractivity contribution in [1.82, 2.24) is 5.01 Å². The summed E-state index contributed by atoms with van der Waals surface area (Å²) >= 11 is 0.900. The highest BCUT2D eigenvalue weighted by Gasteiger charge is 2.58. The molecule has 1 aromatic carbocycles. The lowest BCUT2D eigenvalue weighted by Crippen LogP contribution is -2.58. The number of nitrogens with zero attached hydrogens (tertiary/aromatic N) is 2. The van der Waals surface area contributed by atoms with Gasteiger partial charge in [-0.15, -0.1) is 0 Å². The molecule has 1 saturated heterocycles. The van der Waals surface area contributed by atoms with Gasteiger partial charge in [-0.3, -0.25) is 9.59 Å². The van der Waals surface area contributed by atoms with E-state index < -0.39 is 28.3 Å². The number of hydrogen-bond donors (Lipinski definition) is 0. The third-order valence-corrected chi connectivity index (χ3v) is 4.32. The van der Waals surface area contributed by atoms with E-state index in [1.165, 1.54) is 0 Å². The lowest BCUT2D eigenvalue weighted by molar-refractivity contribution is -0.704. The molecule has 2 rings (SSSR count). The van der Waals surface area contributed by atoms with Crippen LogP contribution in [0, 0.1) is 10.1 Å². The zero-order valence-electron chi connectivity index (χ0n) is 12.6. The highest BCUT2D eigenvalue weighted by Crippen LogP contribution is 2.45. The summed E-state index contributed by atoms with van der Waals surface area (Å²) in [5, 5.41) is 9.54. The van der Waals surface area contributed by atoms with Crippen molar-refractivity contribution < 1.29 is 24.1 Å². The van der Waals surface area contributed by atoms with Crippen LogP contribution in [0.2, 0.25) is 0 Å². The van der Waals surface area contributed by atoms with Gasteiger partial charge in [0.15, 0.2) is 5.03 Å². The van der Waals surface area contributed by atoms with Crippen molar-refractivity contribution in [3.05, 3.63) is 46.0 Å². The Labute approximate surface area is 136 Å². The molecule has 0 radical (unpaired) electrons. The number of benzene rings is 1. The van der Waals surface area contributed by atoms with Crippen molar-refractivity contribution >= 4 is 23.7 Å². The van der Waals surface area contributed by atoms with Gasteiger partial charge in [0.25, 0.3) is 0 Å². The molecule has 9 heteroatoms. The molecular formula is C14H16N2O6S. The molecule has 8 nitrogen and oxygen atoms in total. The van der Waals surface area contributed by atoms with Gasteiger partial charge in [0.05, 0.1) is 0 Å². The zero-order valence-corrected chi connectivity index (χ0v) is 13.4. The van der Waals surface area contributed by atoms with Crippen LogP contribution in [0.4, 0.5) is 0 Å². The number of nitro groups is 1. The Morgan fingerprint density at radius 1 is 1.26 bits per heavy atom. The molecule has 0 amide bonds. The molecule has 1 atom stereocenters. The molecule has 124 valence electrons. The predicted molar refractivity (Wildman–Crippen MR) is 81.4 cm³/mol. The Morgan fingerprint density at radius 3 is 2.30 bits per heavy atom. The smallest absolute Gasteiger partial charge is 0.391 e. The molecule has 0 N–H and O–H groups in total. The molecule has 1 aliphatic rings. The molecule has 1 heterocycles. The standard InChI is InChI=1S/C14H16N2O6S/c1-10(17)21-14(22-11(2)18)15(16(19)20)13(8-9-23-14)12-6-4-3-5-7-12/h3-7,13H,8-9H2,1-2H3. The predicted octanol–water partition coefficient (Wildman–Crippen LogP) is 2.10. The fraction of sp³-hybridized carbons (Fsp3) is 0.429. The molecule has 0 aromatic heterocycles. The molecule has 0 bridgehead atoms. The Bertz CT molecular complexity index is 593. The normalized spacial score (nSPS) is 19.7. The number of esters is 2. The van der Waals surface area contributed by atoms with Crippen LogP contribution in [-0.2, 0) is 19.1 Å². The quantitative estimate of drug-likeness (QED) is 0.356. The molecule has 0 spiro atoms. The Hall–Kier alpha value is -2.29. The van der Waals surface area contributed by atoms with Crippen molar-refractivity contribution in [3.63, 3.8) is 0 Å². The van der Waals surface area contributed by atoms with E-state index >= 15 is 0 Å². The third-order valence-electron chi connectivity index (χ3n) is 3.16. The monoisotopic (exact) mass is 340 g/mol. The van der Waals surface area contributed by atoms with Crippen LogP contribution in [0.15, 0.2) is 30.3 Å². The van der Waals surface area contributed by atoms with Crippen LogP contribution < -0.4 is 0 Å². The van der Waals surface area contributed by atoms with Gasteiger partial charge < -0.3 is 9.47 Å². The van der Waals surface area contributed by atoms with Gasteiger partial charge >= 0.3 is 17.2 Å². The van der Waals surface area contributed by atoms with Crippen molar-refractivity contribution in [1.29, 1.82) is 0 Å². The second kappa shape index (κ2) is 6.86. The number of rotatable bonds is 4. The molecule has 0 aliphatic carbocycles. The SMILES string of the molecule is CC(=O)OC1(OC(C)=O)SCCC(c2ccccc2)N1[N+](=O)[O-]. The summed E-state index contributed by atoms with van der Waals surface area (Å²) in [5.74, 6) is -1.14. The number of carbonyl (C=O) groups excluding carboxylic acids is 2. The maximum atomic E-state index is 11.7. The van der Waals surface area contributed by atoms with Gasteiger partial charge in [0, 0.05) is 19.6 Å². The average molecular weight is 340 g/mol. The van der Waals surface area contributed by atoms with Crippen LogP contribution in [0.25, 0.3) is 0 Å². The van der Waals surface area contributed by atoms with Crippen LogP contribution in [-0.4, -0.2) is 33.0 Å². The second-order valence-corrected chi connectivity index (χ2v) is 6.07. The Kier molecular flexibility index (Phi) is 5.09. The number of carbonyl (C=O) groups is 2. The van der Waals surface area contributed by atoms with Crippen molar-refractivity contribution in [2.45, 2.75) is 31.6 Å². The van der Waals surface area contributed by atoms with E-state index in [4.69, 9.17) is 9.47 Å². The van der Waals surface area contributed by atoms with E-state index in [1.807, 2.05) is 0 Å². The van der Waals surface area contributed by atoms with E-state index in [1.54, 1.807) is 30.3 Å². The number of hydrazine groups is 1. The van der Waals surface area contributed by atoms with E-state index in [0.29, 0.717) is 22.7 Å². The van der Waals surface area contributed by atoms with Gasteiger partial charge in [0.1, 0.15) is 6.04 Å². The highest BCUT2D eigenvalue weighted by molar-refractivity contribution is 8.00. The summed E-state index contributed by atoms with van der Waals surface area (Å²) in [6, 6.07) is 8.10. The van der Waals surface area contributed by atoms with E-state index in [-0.39, 0.29) is 0 Å². The second-order valence-electron chi connectivity index (χ2n) is 4.86. The van der Waals surface area contributed by atoms with E-state index in [2.05, 4.69) is 0 Å². The van der Waals surface area contributed by atoms with Crippen LogP contribution >= 0.6 is 11.8 Å². The summed E-state index contributed by atoms with van der Waals surface area (Å²) in [6.07, 6.45) is 0.444. The first kappa shape index (κ1) is 17.1. The van der Waals surface area contributed by atoms with Crippen LogP contribution in [0.1, 0.15) is 31.9 Å². The van der Waals surface area contributed by atoms with E-state index in [0.717, 1.165) is 25.6 Å². The summed E-state index contributed by atoms with van der Waals surface area (Å²) in [7, 11) is 0. The Morgan fingerprint density at radius 2 is 1.83 bits per heavy atom. The van der Waals surface area contributed by atoms with Crippen molar-refractivity contribution in [3.8, 4) is 0 Å². The van der Waals surface area contributed by atoms with Gasteiger partial charge in [-0.2, -0.15) is 0 Å². The largest absolute Gasteiger partial charge is 0.448 e. The van der Waals surface area contributed by atoms with Crippen molar-refractivity contribution in [2.75, 3.05) is 5.75 Å². The number of thioether (sulfide) groups is 1. The lowest BCUT2D eigenvalue weighted by atomic mass is 10.0. The summed E-state index contributed by atoms with van der Waals surface area (Å²) < 4.78 is 10.2. The summed E-state index contributed by atoms with van der Waals surface area (Å²) in [5.41, 5.74) is 0.674. The molecule has 1 aromatic rings. The first-order valence-corrected chi connectivity index (χ1v) is 7.86. The first-order chi connectivity index (χ1) is 10.9. The fourth-order valence-electron chi connectivity index (χ4n) is 2.41. The van der Waals surface area contributed by atoms with Gasteiger partial charge in [-0.25, -0.2) is 10.1 Å². The molecule has 23 heavy (non-hydrogen) atoms. The molecular weight excluding hydrogens is 324 g/mol. The van der Waals surface area contributed by atoms with Gasteiger partial charge in [0.2, 0.25) is 0 Å². The number of ether oxygens (including phenoxy) is 2. The topological polar surface area (TPSA) is 99.0 Å².